The first-order valence-electron chi connectivity index (χ1n) is 4.95. The third-order valence-electron chi connectivity index (χ3n) is 2.28. The van der Waals surface area contributed by atoms with E-state index in [1.54, 1.807) is 6.92 Å². The van der Waals surface area contributed by atoms with E-state index in [1.807, 2.05) is 13.8 Å². The number of aryl methyl sites for hydroxylation is 2. The van der Waals surface area contributed by atoms with Crippen LogP contribution in [0.5, 0.6) is 0 Å². The van der Waals surface area contributed by atoms with Gasteiger partial charge in [0, 0.05) is 18.2 Å². The summed E-state index contributed by atoms with van der Waals surface area (Å²) in [5.41, 5.74) is 7.03. The number of nitrogens with two attached hydrogens (primary N) is 1. The second kappa shape index (κ2) is 4.93. The molecular formula is C10H17N3O2. The lowest BCUT2D eigenvalue weighted by Gasteiger charge is -2.10. The fraction of sp³-hybridized carbons (Fsp3) is 0.600. The summed E-state index contributed by atoms with van der Waals surface area (Å²) >= 11 is 0. The van der Waals surface area contributed by atoms with Crippen LogP contribution in [0.4, 0.5) is 0 Å². The van der Waals surface area contributed by atoms with Crippen LogP contribution in [0.25, 0.3) is 0 Å². The molecule has 1 aromatic heterocycles. The second-order valence-electron chi connectivity index (χ2n) is 3.68. The summed E-state index contributed by atoms with van der Waals surface area (Å²) in [6, 6.07) is -0.00188. The van der Waals surface area contributed by atoms with Gasteiger partial charge in [-0.2, -0.15) is 0 Å². The average Bonchev–Trinajstić information content (AvgIpc) is 2.49. The van der Waals surface area contributed by atoms with Crippen molar-refractivity contribution >= 4 is 5.91 Å². The van der Waals surface area contributed by atoms with Gasteiger partial charge in [-0.25, -0.2) is 0 Å². The first-order valence-corrected chi connectivity index (χ1v) is 4.95. The lowest BCUT2D eigenvalue weighted by molar-refractivity contribution is -0.121. The first kappa shape index (κ1) is 11.7. The molecule has 0 radical (unpaired) electrons. The van der Waals surface area contributed by atoms with E-state index >= 15 is 0 Å². The lowest BCUT2D eigenvalue weighted by Crippen LogP contribution is -2.38. The zero-order valence-corrected chi connectivity index (χ0v) is 9.33. The Balaban J connectivity index is 2.59. The molecular weight excluding hydrogens is 194 g/mol. The van der Waals surface area contributed by atoms with Gasteiger partial charge in [0.15, 0.2) is 0 Å². The van der Waals surface area contributed by atoms with Crippen LogP contribution in [-0.2, 0) is 11.2 Å². The van der Waals surface area contributed by atoms with Crippen LogP contribution in [0.3, 0.4) is 0 Å². The van der Waals surface area contributed by atoms with Gasteiger partial charge in [0.1, 0.15) is 5.76 Å². The van der Waals surface area contributed by atoms with Crippen LogP contribution in [0, 0.1) is 13.8 Å². The van der Waals surface area contributed by atoms with Gasteiger partial charge in [-0.05, 0) is 20.8 Å². The van der Waals surface area contributed by atoms with Crippen molar-refractivity contribution in [3.05, 3.63) is 17.0 Å². The number of amides is 1. The van der Waals surface area contributed by atoms with E-state index in [2.05, 4.69) is 10.5 Å². The van der Waals surface area contributed by atoms with Crippen molar-refractivity contribution in [3.8, 4) is 0 Å². The Hall–Kier alpha value is -1.36. The molecule has 0 fully saturated rings. The number of carbonyl (C=O) groups is 1. The van der Waals surface area contributed by atoms with Crippen molar-refractivity contribution in [3.63, 3.8) is 0 Å². The molecule has 5 heteroatoms. The van der Waals surface area contributed by atoms with Gasteiger partial charge in [-0.15, -0.1) is 0 Å². The van der Waals surface area contributed by atoms with E-state index < -0.39 is 0 Å². The third-order valence-corrected chi connectivity index (χ3v) is 2.28. The quantitative estimate of drug-likeness (QED) is 0.750. The van der Waals surface area contributed by atoms with Gasteiger partial charge in [-0.3, -0.25) is 4.79 Å². The number of nitrogens with zero attached hydrogens (tertiary/aromatic N) is 1. The molecule has 0 saturated heterocycles. The lowest BCUT2D eigenvalue weighted by atomic mass is 10.1. The Labute approximate surface area is 89.0 Å². The normalized spacial score (nSPS) is 12.5. The highest BCUT2D eigenvalue weighted by atomic mass is 16.5. The number of carbonyl (C=O) groups excluding carboxylic acids is 1. The van der Waals surface area contributed by atoms with Crippen LogP contribution in [-0.4, -0.2) is 23.7 Å². The summed E-state index contributed by atoms with van der Waals surface area (Å²) in [5.74, 6) is 0.644. The van der Waals surface area contributed by atoms with E-state index in [4.69, 9.17) is 10.3 Å². The molecule has 0 saturated carbocycles. The number of hydrogen-bond acceptors (Lipinski definition) is 4. The standard InChI is InChI=1S/C10H17N3O2/c1-6(5-11)12-10(14)4-9-7(2)13-15-8(9)3/h6H,4-5,11H2,1-3H3,(H,12,14)/t6-/m1/s1. The monoisotopic (exact) mass is 211 g/mol. The summed E-state index contributed by atoms with van der Waals surface area (Å²) in [6.07, 6.45) is 0.297. The molecule has 5 nitrogen and oxygen atoms in total. The highest BCUT2D eigenvalue weighted by Crippen LogP contribution is 2.12. The van der Waals surface area contributed by atoms with Gasteiger partial charge in [0.05, 0.1) is 12.1 Å². The van der Waals surface area contributed by atoms with Crippen molar-refractivity contribution in [2.75, 3.05) is 6.54 Å². The first-order chi connectivity index (χ1) is 7.04. The molecule has 15 heavy (non-hydrogen) atoms. The summed E-state index contributed by atoms with van der Waals surface area (Å²) in [4.78, 5) is 11.5. The molecule has 0 aromatic carbocycles. The van der Waals surface area contributed by atoms with Gasteiger partial charge in [0.25, 0.3) is 0 Å². The van der Waals surface area contributed by atoms with Gasteiger partial charge >= 0.3 is 0 Å². The van der Waals surface area contributed by atoms with Crippen molar-refractivity contribution in [1.82, 2.24) is 10.5 Å². The second-order valence-corrected chi connectivity index (χ2v) is 3.68. The Morgan fingerprint density at radius 3 is 2.73 bits per heavy atom. The minimum atomic E-state index is -0.0534. The molecule has 0 aliphatic rings. The van der Waals surface area contributed by atoms with E-state index in [0.717, 1.165) is 11.3 Å². The molecule has 0 unspecified atom stereocenters. The summed E-state index contributed by atoms with van der Waals surface area (Å²) in [7, 11) is 0. The third kappa shape index (κ3) is 3.06. The summed E-state index contributed by atoms with van der Waals surface area (Å²) in [5, 5.41) is 6.58. The summed E-state index contributed by atoms with van der Waals surface area (Å²) in [6.45, 7) is 5.93. The predicted octanol–water partition coefficient (Wildman–Crippen LogP) is 0.297. The van der Waals surface area contributed by atoms with Crippen molar-refractivity contribution in [2.45, 2.75) is 33.2 Å². The van der Waals surface area contributed by atoms with Crippen molar-refractivity contribution < 1.29 is 9.32 Å². The predicted molar refractivity (Wildman–Crippen MR) is 56.3 cm³/mol. The maximum Gasteiger partial charge on any atom is 0.224 e. The largest absolute Gasteiger partial charge is 0.361 e. The minimum Gasteiger partial charge on any atom is -0.361 e. The zero-order chi connectivity index (χ0) is 11.4. The molecule has 84 valence electrons. The Morgan fingerprint density at radius 2 is 2.27 bits per heavy atom. The fourth-order valence-corrected chi connectivity index (χ4v) is 1.30. The zero-order valence-electron chi connectivity index (χ0n) is 9.33. The van der Waals surface area contributed by atoms with Gasteiger partial charge < -0.3 is 15.6 Å². The van der Waals surface area contributed by atoms with Crippen LogP contribution in [0.2, 0.25) is 0 Å². The van der Waals surface area contributed by atoms with E-state index in [1.165, 1.54) is 0 Å². The summed E-state index contributed by atoms with van der Waals surface area (Å²) < 4.78 is 4.97. The van der Waals surface area contributed by atoms with Crippen molar-refractivity contribution in [2.24, 2.45) is 5.73 Å². The van der Waals surface area contributed by atoms with E-state index in [9.17, 15) is 4.79 Å². The molecule has 0 aliphatic heterocycles. The fourth-order valence-electron chi connectivity index (χ4n) is 1.30. The molecule has 1 aromatic rings. The van der Waals surface area contributed by atoms with E-state index in [0.29, 0.717) is 18.7 Å². The van der Waals surface area contributed by atoms with Gasteiger partial charge in [-0.1, -0.05) is 5.16 Å². The van der Waals surface area contributed by atoms with Crippen LogP contribution >= 0.6 is 0 Å². The maximum atomic E-state index is 11.5. The highest BCUT2D eigenvalue weighted by molar-refractivity contribution is 5.79. The van der Waals surface area contributed by atoms with Crippen molar-refractivity contribution in [1.29, 1.82) is 0 Å². The average molecular weight is 211 g/mol. The number of aromatic nitrogens is 1. The van der Waals surface area contributed by atoms with Crippen LogP contribution in [0.15, 0.2) is 4.52 Å². The number of rotatable bonds is 4. The molecule has 0 spiro atoms. The SMILES string of the molecule is Cc1noc(C)c1CC(=O)N[C@H](C)CN. The molecule has 0 aliphatic carbocycles. The molecule has 1 rings (SSSR count). The molecule has 0 bridgehead atoms. The molecule has 1 amide bonds. The van der Waals surface area contributed by atoms with Crippen LogP contribution < -0.4 is 11.1 Å². The number of nitrogens with one attached hydrogen (secondary N) is 1. The Morgan fingerprint density at radius 1 is 1.60 bits per heavy atom. The molecule has 3 N–H and O–H groups in total. The maximum absolute atomic E-state index is 11.5. The number of hydrogen-bond donors (Lipinski definition) is 2. The molecule has 1 heterocycles. The molecule has 1 atom stereocenters. The van der Waals surface area contributed by atoms with Gasteiger partial charge in [0.2, 0.25) is 5.91 Å². The highest BCUT2D eigenvalue weighted by Gasteiger charge is 2.14. The Bertz CT molecular complexity index is 327. The topological polar surface area (TPSA) is 81.2 Å². The minimum absolute atomic E-state index is 0.00188. The smallest absolute Gasteiger partial charge is 0.224 e. The van der Waals surface area contributed by atoms with E-state index in [-0.39, 0.29) is 11.9 Å². The Kier molecular flexibility index (Phi) is 3.85. The van der Waals surface area contributed by atoms with Crippen LogP contribution in [0.1, 0.15) is 23.9 Å².